The smallest absolute Gasteiger partial charge is 0.406 e. The van der Waals surface area contributed by atoms with Gasteiger partial charge in [0.15, 0.2) is 5.65 Å². The summed E-state index contributed by atoms with van der Waals surface area (Å²) in [7, 11) is 1.72. The number of anilines is 1. The lowest BCUT2D eigenvalue weighted by molar-refractivity contribution is -0.274. The minimum absolute atomic E-state index is 0.115. The van der Waals surface area contributed by atoms with Gasteiger partial charge in [-0.1, -0.05) is 0 Å². The summed E-state index contributed by atoms with van der Waals surface area (Å²) >= 11 is 0. The Morgan fingerprint density at radius 2 is 1.97 bits per heavy atom. The van der Waals surface area contributed by atoms with Crippen molar-refractivity contribution in [3.8, 4) is 16.9 Å². The zero-order chi connectivity index (χ0) is 25.6. The molecule has 0 bridgehead atoms. The standard InChI is InChI=1S/C23H17F4N7O2/c1-33-19-8-13(21(35)29-10-14-6-15(2-3-18(14)24)36-23(25,26)27)7-16(17(19)11-30-33)12-4-5-34-20(9-12)31-22(28)32-34/h2-9,11H,10H2,1H3,(H2,28,32)(H,29,35). The van der Waals surface area contributed by atoms with Crippen molar-refractivity contribution in [1.82, 2.24) is 29.7 Å². The SMILES string of the molecule is Cn1ncc2c(-c3ccn4nc(N)nc4c3)cc(C(=O)NCc3cc(OC(F)(F)F)ccc3F)cc21. The summed E-state index contributed by atoms with van der Waals surface area (Å²) in [5.74, 6) is -1.82. The number of amides is 1. The third-order valence-corrected chi connectivity index (χ3v) is 5.48. The number of hydrogen-bond acceptors (Lipinski definition) is 6. The van der Waals surface area contributed by atoms with Crippen LogP contribution in [0.3, 0.4) is 0 Å². The fraction of sp³-hybridized carbons (Fsp3) is 0.130. The summed E-state index contributed by atoms with van der Waals surface area (Å²) in [5, 5.41) is 11.6. The predicted molar refractivity (Wildman–Crippen MR) is 121 cm³/mol. The number of fused-ring (bicyclic) bond motifs is 2. The van der Waals surface area contributed by atoms with Gasteiger partial charge in [0.25, 0.3) is 5.91 Å². The fourth-order valence-electron chi connectivity index (χ4n) is 3.85. The van der Waals surface area contributed by atoms with Gasteiger partial charge in [0.1, 0.15) is 11.6 Å². The fourth-order valence-corrected chi connectivity index (χ4v) is 3.85. The van der Waals surface area contributed by atoms with Crippen molar-refractivity contribution in [2.45, 2.75) is 12.9 Å². The number of carbonyl (C=O) groups is 1. The van der Waals surface area contributed by atoms with E-state index in [0.29, 0.717) is 16.7 Å². The number of aromatic nitrogens is 5. The molecular weight excluding hydrogens is 482 g/mol. The molecule has 3 N–H and O–H groups in total. The normalized spacial score (nSPS) is 11.8. The molecule has 1 amide bonds. The van der Waals surface area contributed by atoms with Crippen LogP contribution in [0, 0.1) is 5.82 Å². The molecule has 0 aliphatic carbocycles. The largest absolute Gasteiger partial charge is 0.573 e. The Balaban J connectivity index is 1.46. The zero-order valence-electron chi connectivity index (χ0n) is 18.5. The Bertz CT molecular complexity index is 1620. The van der Waals surface area contributed by atoms with E-state index < -0.39 is 23.8 Å². The molecule has 36 heavy (non-hydrogen) atoms. The summed E-state index contributed by atoms with van der Waals surface area (Å²) in [6.07, 6.45) is -1.58. The lowest BCUT2D eigenvalue weighted by Crippen LogP contribution is -2.24. The summed E-state index contributed by atoms with van der Waals surface area (Å²) in [5.41, 5.74) is 8.32. The molecule has 0 radical (unpaired) electrons. The maximum absolute atomic E-state index is 14.2. The van der Waals surface area contributed by atoms with Crippen LogP contribution < -0.4 is 15.8 Å². The van der Waals surface area contributed by atoms with Gasteiger partial charge >= 0.3 is 6.36 Å². The van der Waals surface area contributed by atoms with Crippen molar-refractivity contribution in [3.63, 3.8) is 0 Å². The number of nitrogens with zero attached hydrogens (tertiary/aromatic N) is 5. The molecule has 0 spiro atoms. The van der Waals surface area contributed by atoms with E-state index in [0.717, 1.165) is 29.1 Å². The van der Waals surface area contributed by atoms with Crippen LogP contribution in [-0.2, 0) is 13.6 Å². The molecule has 0 unspecified atom stereocenters. The molecule has 0 atom stereocenters. The second-order valence-electron chi connectivity index (χ2n) is 7.90. The predicted octanol–water partition coefficient (Wildman–Crippen LogP) is 3.83. The van der Waals surface area contributed by atoms with Gasteiger partial charge in [-0.05, 0) is 53.6 Å². The van der Waals surface area contributed by atoms with Gasteiger partial charge < -0.3 is 15.8 Å². The number of nitrogens with two attached hydrogens (primary N) is 1. The van der Waals surface area contributed by atoms with Crippen molar-refractivity contribution in [2.24, 2.45) is 7.05 Å². The summed E-state index contributed by atoms with van der Waals surface area (Å²) in [4.78, 5) is 17.2. The maximum atomic E-state index is 14.2. The average molecular weight is 499 g/mol. The van der Waals surface area contributed by atoms with E-state index in [9.17, 15) is 22.4 Å². The first-order chi connectivity index (χ1) is 17.1. The van der Waals surface area contributed by atoms with Crippen LogP contribution in [0.1, 0.15) is 15.9 Å². The highest BCUT2D eigenvalue weighted by Crippen LogP contribution is 2.31. The molecule has 5 rings (SSSR count). The Morgan fingerprint density at radius 1 is 1.17 bits per heavy atom. The third kappa shape index (κ3) is 4.50. The molecule has 13 heteroatoms. The van der Waals surface area contributed by atoms with E-state index in [1.165, 1.54) is 4.52 Å². The van der Waals surface area contributed by atoms with Crippen molar-refractivity contribution < 1.29 is 27.1 Å². The topological polar surface area (TPSA) is 112 Å². The van der Waals surface area contributed by atoms with Gasteiger partial charge in [-0.3, -0.25) is 9.48 Å². The Kier molecular flexibility index (Phi) is 5.46. The lowest BCUT2D eigenvalue weighted by Gasteiger charge is -2.12. The number of aryl methyl sites for hydroxylation is 1. The van der Waals surface area contributed by atoms with Gasteiger partial charge in [0, 0.05) is 36.3 Å². The van der Waals surface area contributed by atoms with E-state index in [4.69, 9.17) is 5.73 Å². The number of hydrogen-bond donors (Lipinski definition) is 2. The molecule has 0 fully saturated rings. The molecule has 5 aromatic rings. The van der Waals surface area contributed by atoms with Gasteiger partial charge in [-0.25, -0.2) is 8.91 Å². The number of alkyl halides is 3. The average Bonchev–Trinajstić information content (AvgIpc) is 3.38. The van der Waals surface area contributed by atoms with E-state index in [-0.39, 0.29) is 23.6 Å². The van der Waals surface area contributed by atoms with Crippen LogP contribution >= 0.6 is 0 Å². The molecule has 0 saturated heterocycles. The minimum Gasteiger partial charge on any atom is -0.406 e. The zero-order valence-corrected chi connectivity index (χ0v) is 18.5. The molecule has 0 aliphatic rings. The third-order valence-electron chi connectivity index (χ3n) is 5.48. The van der Waals surface area contributed by atoms with Crippen LogP contribution in [0.2, 0.25) is 0 Å². The number of halogens is 4. The van der Waals surface area contributed by atoms with Crippen molar-refractivity contribution in [3.05, 3.63) is 71.8 Å². The number of ether oxygens (including phenoxy) is 1. The first-order valence-electron chi connectivity index (χ1n) is 10.5. The Morgan fingerprint density at radius 3 is 2.75 bits per heavy atom. The first-order valence-corrected chi connectivity index (χ1v) is 10.5. The number of carbonyl (C=O) groups excluding carboxylic acids is 1. The minimum atomic E-state index is -4.92. The van der Waals surface area contributed by atoms with Crippen LogP contribution in [0.15, 0.2) is 54.9 Å². The van der Waals surface area contributed by atoms with Crippen LogP contribution in [0.5, 0.6) is 5.75 Å². The van der Waals surface area contributed by atoms with E-state index in [1.807, 2.05) is 0 Å². The molecule has 0 saturated carbocycles. The maximum Gasteiger partial charge on any atom is 0.573 e. The number of benzene rings is 2. The van der Waals surface area contributed by atoms with Gasteiger partial charge in [-0.15, -0.1) is 18.3 Å². The van der Waals surface area contributed by atoms with E-state index in [1.54, 1.807) is 48.4 Å². The molecule has 2 aromatic carbocycles. The Hall–Kier alpha value is -4.68. The monoisotopic (exact) mass is 499 g/mol. The molecule has 3 aromatic heterocycles. The second-order valence-corrected chi connectivity index (χ2v) is 7.90. The van der Waals surface area contributed by atoms with Gasteiger partial charge in [0.05, 0.1) is 11.7 Å². The quantitative estimate of drug-likeness (QED) is 0.356. The lowest BCUT2D eigenvalue weighted by atomic mass is 9.99. The van der Waals surface area contributed by atoms with Gasteiger partial charge in [0.2, 0.25) is 5.95 Å². The summed E-state index contributed by atoms with van der Waals surface area (Å²) < 4.78 is 58.6. The van der Waals surface area contributed by atoms with E-state index in [2.05, 4.69) is 25.2 Å². The number of rotatable bonds is 5. The van der Waals surface area contributed by atoms with Crippen molar-refractivity contribution in [1.29, 1.82) is 0 Å². The number of pyridine rings is 1. The van der Waals surface area contributed by atoms with Crippen LogP contribution in [-0.4, -0.2) is 36.6 Å². The highest BCUT2D eigenvalue weighted by Gasteiger charge is 2.31. The first kappa shape index (κ1) is 23.1. The van der Waals surface area contributed by atoms with Crippen molar-refractivity contribution in [2.75, 3.05) is 5.73 Å². The van der Waals surface area contributed by atoms with Crippen molar-refractivity contribution >= 4 is 28.4 Å². The number of nitrogens with one attached hydrogen (secondary N) is 1. The summed E-state index contributed by atoms with van der Waals surface area (Å²) in [6.45, 7) is -0.358. The van der Waals surface area contributed by atoms with Gasteiger partial charge in [-0.2, -0.15) is 10.1 Å². The molecular formula is C23H17F4N7O2. The highest BCUT2D eigenvalue weighted by atomic mass is 19.4. The highest BCUT2D eigenvalue weighted by molar-refractivity contribution is 6.03. The Labute approximate surface area is 200 Å². The summed E-state index contributed by atoms with van der Waals surface area (Å²) in [6, 6.07) is 9.39. The van der Waals surface area contributed by atoms with Crippen LogP contribution in [0.25, 0.3) is 27.7 Å². The van der Waals surface area contributed by atoms with Crippen LogP contribution in [0.4, 0.5) is 23.5 Å². The second kappa shape index (κ2) is 8.52. The van der Waals surface area contributed by atoms with E-state index >= 15 is 0 Å². The molecule has 9 nitrogen and oxygen atoms in total. The molecule has 0 aliphatic heterocycles. The molecule has 3 heterocycles. The number of nitrogen functional groups attached to an aromatic ring is 1. The molecule has 184 valence electrons.